The SMILES string of the molecule is CCCCNC1=CC(O)=C2C(=O)CCC(NCCCC)=C2C1=O. The summed E-state index contributed by atoms with van der Waals surface area (Å²) in [6.07, 6.45) is 6.28. The molecular weight excluding hydrogens is 292 g/mol. The Kier molecular flexibility index (Phi) is 6.02. The third-order valence-electron chi connectivity index (χ3n) is 4.16. The first-order chi connectivity index (χ1) is 11.1. The van der Waals surface area contributed by atoms with Crippen LogP contribution in [0.4, 0.5) is 0 Å². The quantitative estimate of drug-likeness (QED) is 0.600. The van der Waals surface area contributed by atoms with Crippen molar-refractivity contribution in [3.05, 3.63) is 34.4 Å². The van der Waals surface area contributed by atoms with E-state index >= 15 is 0 Å². The first kappa shape index (κ1) is 17.3. The minimum Gasteiger partial charge on any atom is -0.507 e. The van der Waals surface area contributed by atoms with Crippen LogP contribution in [0.25, 0.3) is 0 Å². The molecule has 23 heavy (non-hydrogen) atoms. The third kappa shape index (κ3) is 3.84. The number of allylic oxidation sites excluding steroid dienone is 4. The number of carbonyl (C=O) groups excluding carboxylic acids is 2. The highest BCUT2D eigenvalue weighted by molar-refractivity contribution is 6.21. The summed E-state index contributed by atoms with van der Waals surface area (Å²) < 4.78 is 0. The van der Waals surface area contributed by atoms with E-state index < -0.39 is 0 Å². The van der Waals surface area contributed by atoms with Crippen LogP contribution in [-0.2, 0) is 9.59 Å². The zero-order valence-corrected chi connectivity index (χ0v) is 14.0. The molecule has 0 fully saturated rings. The van der Waals surface area contributed by atoms with E-state index in [0.717, 1.165) is 37.9 Å². The molecule has 0 aromatic carbocycles. The van der Waals surface area contributed by atoms with Crippen LogP contribution in [-0.4, -0.2) is 29.8 Å². The molecule has 0 heterocycles. The molecule has 5 nitrogen and oxygen atoms in total. The van der Waals surface area contributed by atoms with E-state index in [-0.39, 0.29) is 22.9 Å². The lowest BCUT2D eigenvalue weighted by Gasteiger charge is -2.26. The fraction of sp³-hybridized carbons (Fsp3) is 0.556. The predicted octanol–water partition coefficient (Wildman–Crippen LogP) is 2.66. The monoisotopic (exact) mass is 318 g/mol. The van der Waals surface area contributed by atoms with Gasteiger partial charge in [-0.1, -0.05) is 26.7 Å². The second-order valence-electron chi connectivity index (χ2n) is 5.98. The van der Waals surface area contributed by atoms with Gasteiger partial charge in [0.1, 0.15) is 5.76 Å². The van der Waals surface area contributed by atoms with E-state index in [4.69, 9.17) is 0 Å². The molecule has 0 saturated heterocycles. The molecule has 2 aliphatic carbocycles. The minimum atomic E-state index is -0.194. The summed E-state index contributed by atoms with van der Waals surface area (Å²) in [5.74, 6) is -0.449. The van der Waals surface area contributed by atoms with Gasteiger partial charge in [0.25, 0.3) is 0 Å². The first-order valence-corrected chi connectivity index (χ1v) is 8.54. The van der Waals surface area contributed by atoms with E-state index in [9.17, 15) is 14.7 Å². The summed E-state index contributed by atoms with van der Waals surface area (Å²) in [6, 6.07) is 0. The van der Waals surface area contributed by atoms with E-state index in [2.05, 4.69) is 24.5 Å². The van der Waals surface area contributed by atoms with Crippen molar-refractivity contribution in [3.8, 4) is 0 Å². The van der Waals surface area contributed by atoms with Gasteiger partial charge in [-0.15, -0.1) is 0 Å². The van der Waals surface area contributed by atoms with Crippen molar-refractivity contribution in [2.75, 3.05) is 13.1 Å². The number of carbonyl (C=O) groups is 2. The summed E-state index contributed by atoms with van der Waals surface area (Å²) in [5, 5.41) is 16.6. The largest absolute Gasteiger partial charge is 0.507 e. The van der Waals surface area contributed by atoms with Crippen molar-refractivity contribution in [2.45, 2.75) is 52.4 Å². The molecule has 126 valence electrons. The number of rotatable bonds is 8. The topological polar surface area (TPSA) is 78.4 Å². The average molecular weight is 318 g/mol. The Labute approximate surface area is 137 Å². The summed E-state index contributed by atoms with van der Waals surface area (Å²) in [4.78, 5) is 24.9. The maximum atomic E-state index is 12.8. The highest BCUT2D eigenvalue weighted by Gasteiger charge is 2.35. The van der Waals surface area contributed by atoms with Gasteiger partial charge in [0.05, 0.1) is 16.8 Å². The van der Waals surface area contributed by atoms with Gasteiger partial charge >= 0.3 is 0 Å². The number of unbranched alkanes of at least 4 members (excludes halogenated alkanes) is 2. The number of ketones is 2. The number of hydrogen-bond acceptors (Lipinski definition) is 5. The van der Waals surface area contributed by atoms with Crippen LogP contribution >= 0.6 is 0 Å². The lowest BCUT2D eigenvalue weighted by Crippen LogP contribution is -2.34. The minimum absolute atomic E-state index is 0.0990. The standard InChI is InChI=1S/C18H26N2O3/c1-3-5-9-19-12-7-8-14(21)17-15(22)11-13(18(23)16(12)17)20-10-6-4-2/h11,19-20,22H,3-10H2,1-2H3. The number of Topliss-reactive ketones (excluding diaryl/α,β-unsaturated/α-hetero) is 2. The van der Waals surface area contributed by atoms with Crippen LogP contribution < -0.4 is 10.6 Å². The lowest BCUT2D eigenvalue weighted by molar-refractivity contribution is -0.118. The maximum absolute atomic E-state index is 12.8. The normalized spacial score (nSPS) is 18.1. The van der Waals surface area contributed by atoms with Crippen molar-refractivity contribution >= 4 is 11.6 Å². The molecule has 0 aromatic heterocycles. The molecule has 0 aromatic rings. The van der Waals surface area contributed by atoms with Crippen LogP contribution in [0.5, 0.6) is 0 Å². The zero-order chi connectivity index (χ0) is 16.8. The van der Waals surface area contributed by atoms with E-state index in [0.29, 0.717) is 30.7 Å². The Morgan fingerprint density at radius 2 is 1.65 bits per heavy atom. The number of aliphatic hydroxyl groups excluding tert-OH is 1. The molecule has 0 radical (unpaired) electrons. The highest BCUT2D eigenvalue weighted by atomic mass is 16.3. The van der Waals surface area contributed by atoms with Crippen LogP contribution in [0.2, 0.25) is 0 Å². The molecule has 0 atom stereocenters. The summed E-state index contributed by atoms with van der Waals surface area (Å²) in [5.41, 5.74) is 1.70. The molecule has 2 aliphatic rings. The molecule has 0 bridgehead atoms. The van der Waals surface area contributed by atoms with Crippen LogP contribution in [0.1, 0.15) is 52.4 Å². The van der Waals surface area contributed by atoms with Crippen molar-refractivity contribution in [3.63, 3.8) is 0 Å². The van der Waals surface area contributed by atoms with Gasteiger partial charge in [-0.25, -0.2) is 0 Å². The van der Waals surface area contributed by atoms with Gasteiger partial charge in [0.15, 0.2) is 5.78 Å². The lowest BCUT2D eigenvalue weighted by atomic mass is 9.82. The Bertz CT molecular complexity index is 585. The number of fused-ring (bicyclic) bond motifs is 1. The Balaban J connectivity index is 2.31. The second kappa shape index (κ2) is 7.99. The molecule has 2 rings (SSSR count). The van der Waals surface area contributed by atoms with Crippen LogP contribution in [0.15, 0.2) is 34.4 Å². The Morgan fingerprint density at radius 3 is 2.30 bits per heavy atom. The van der Waals surface area contributed by atoms with E-state index in [1.165, 1.54) is 6.08 Å². The number of aliphatic hydroxyl groups is 1. The smallest absolute Gasteiger partial charge is 0.211 e. The molecule has 0 aliphatic heterocycles. The Hall–Kier alpha value is -2.04. The van der Waals surface area contributed by atoms with E-state index in [1.54, 1.807) is 0 Å². The summed E-state index contributed by atoms with van der Waals surface area (Å²) >= 11 is 0. The molecule has 0 unspecified atom stereocenters. The van der Waals surface area contributed by atoms with Gasteiger partial charge in [-0.3, -0.25) is 9.59 Å². The maximum Gasteiger partial charge on any atom is 0.211 e. The van der Waals surface area contributed by atoms with Crippen molar-refractivity contribution in [1.82, 2.24) is 10.6 Å². The Morgan fingerprint density at radius 1 is 1.00 bits per heavy atom. The van der Waals surface area contributed by atoms with Gasteiger partial charge in [0, 0.05) is 31.3 Å². The predicted molar refractivity (Wildman–Crippen MR) is 89.8 cm³/mol. The molecular formula is C18H26N2O3. The molecule has 0 spiro atoms. The van der Waals surface area contributed by atoms with Gasteiger partial charge < -0.3 is 15.7 Å². The zero-order valence-electron chi connectivity index (χ0n) is 14.0. The number of nitrogens with one attached hydrogen (secondary N) is 2. The van der Waals surface area contributed by atoms with Gasteiger partial charge in [-0.2, -0.15) is 0 Å². The third-order valence-corrected chi connectivity index (χ3v) is 4.16. The van der Waals surface area contributed by atoms with Gasteiger partial charge in [0.2, 0.25) is 5.78 Å². The summed E-state index contributed by atoms with van der Waals surface area (Å²) in [7, 11) is 0. The molecule has 5 heteroatoms. The summed E-state index contributed by atoms with van der Waals surface area (Å²) in [6.45, 7) is 5.63. The highest BCUT2D eigenvalue weighted by Crippen LogP contribution is 2.33. The first-order valence-electron chi connectivity index (χ1n) is 8.54. The fourth-order valence-corrected chi connectivity index (χ4v) is 2.83. The van der Waals surface area contributed by atoms with Crippen molar-refractivity contribution < 1.29 is 14.7 Å². The van der Waals surface area contributed by atoms with E-state index in [1.807, 2.05) is 0 Å². The van der Waals surface area contributed by atoms with Crippen molar-refractivity contribution in [1.29, 1.82) is 0 Å². The number of hydrogen-bond donors (Lipinski definition) is 3. The van der Waals surface area contributed by atoms with Gasteiger partial charge in [-0.05, 0) is 19.3 Å². The second-order valence-corrected chi connectivity index (χ2v) is 5.98. The molecule has 3 N–H and O–H groups in total. The molecule has 0 saturated carbocycles. The average Bonchev–Trinajstić information content (AvgIpc) is 2.53. The molecule has 0 amide bonds. The van der Waals surface area contributed by atoms with Crippen LogP contribution in [0.3, 0.4) is 0 Å². The van der Waals surface area contributed by atoms with Crippen LogP contribution in [0, 0.1) is 0 Å². The fourth-order valence-electron chi connectivity index (χ4n) is 2.83. The van der Waals surface area contributed by atoms with Crippen molar-refractivity contribution in [2.24, 2.45) is 0 Å².